The molecule has 10 nitrogen and oxygen atoms in total. The van der Waals surface area contributed by atoms with Gasteiger partial charge < -0.3 is 40.0 Å². The van der Waals surface area contributed by atoms with E-state index in [2.05, 4.69) is 20.1 Å². The number of ether oxygens (including phenoxy) is 3. The zero-order chi connectivity index (χ0) is 38.5. The third-order valence-corrected chi connectivity index (χ3v) is 11.2. The maximum absolute atomic E-state index is 14.1. The van der Waals surface area contributed by atoms with Gasteiger partial charge in [0.25, 0.3) is 0 Å². The molecule has 0 saturated carbocycles. The number of nitrogens with one attached hydrogen (secondary N) is 2. The van der Waals surface area contributed by atoms with E-state index >= 15 is 0 Å². The molecule has 13 heteroatoms. The molecular formula is C40H61F2IN6O4. The van der Waals surface area contributed by atoms with E-state index in [1.54, 1.807) is 4.57 Å². The number of fused-ring (bicyclic) bond motifs is 1. The van der Waals surface area contributed by atoms with Gasteiger partial charge in [-0.15, -0.1) is 0 Å². The van der Waals surface area contributed by atoms with E-state index < -0.39 is 0 Å². The highest BCUT2D eigenvalue weighted by molar-refractivity contribution is 14.1. The number of anilines is 2. The van der Waals surface area contributed by atoms with E-state index in [0.717, 1.165) is 134 Å². The number of H-pyrrole nitrogens is 1. The van der Waals surface area contributed by atoms with Crippen molar-refractivity contribution in [3.63, 3.8) is 0 Å². The van der Waals surface area contributed by atoms with Gasteiger partial charge in [0.2, 0.25) is 0 Å². The van der Waals surface area contributed by atoms with Crippen LogP contribution < -0.4 is 16.7 Å². The second-order valence-corrected chi connectivity index (χ2v) is 14.9. The summed E-state index contributed by atoms with van der Waals surface area (Å²) in [5.74, 6) is -0.678. The number of halogens is 3. The van der Waals surface area contributed by atoms with Crippen LogP contribution in [0.15, 0.2) is 29.1 Å². The molecule has 1 aromatic heterocycles. The summed E-state index contributed by atoms with van der Waals surface area (Å²) in [5.41, 5.74) is 9.39. The van der Waals surface area contributed by atoms with Crippen molar-refractivity contribution in [3.8, 4) is 0 Å². The van der Waals surface area contributed by atoms with Crippen molar-refractivity contribution in [1.82, 2.24) is 19.4 Å². The monoisotopic (exact) mass is 855 g/mol. The number of nitrogens with zero attached hydrogens (tertiary/aromatic N) is 3. The van der Waals surface area contributed by atoms with E-state index in [1.165, 1.54) is 25.0 Å². The van der Waals surface area contributed by atoms with E-state index in [0.29, 0.717) is 34.1 Å². The number of aromatic amines is 1. The number of imidazole rings is 1. The molecule has 2 aromatic carbocycles. The molecule has 5 saturated heterocycles. The average Bonchev–Trinajstić information content (AvgIpc) is 3.88. The van der Waals surface area contributed by atoms with Crippen LogP contribution >= 0.6 is 22.6 Å². The van der Waals surface area contributed by atoms with E-state index in [4.69, 9.17) is 21.3 Å². The normalized spacial score (nSPS) is 21.5. The van der Waals surface area contributed by atoms with E-state index in [9.17, 15) is 13.6 Å². The van der Waals surface area contributed by atoms with E-state index in [1.807, 2.05) is 48.6 Å². The van der Waals surface area contributed by atoms with Gasteiger partial charge in [-0.1, -0.05) is 22.6 Å². The highest BCUT2D eigenvalue weighted by atomic mass is 127. The first-order valence-electron chi connectivity index (χ1n) is 20.2. The molecule has 0 unspecified atom stereocenters. The van der Waals surface area contributed by atoms with Crippen LogP contribution in [0.4, 0.5) is 20.2 Å². The summed E-state index contributed by atoms with van der Waals surface area (Å²) in [6.45, 7) is 13.4. The Kier molecular flexibility index (Phi) is 16.1. The number of piperidine rings is 2. The second kappa shape index (κ2) is 21.1. The first-order valence-corrected chi connectivity index (χ1v) is 21.0. The Bertz CT molecular complexity index is 1620. The van der Waals surface area contributed by atoms with Gasteiger partial charge >= 0.3 is 5.69 Å². The molecule has 53 heavy (non-hydrogen) atoms. The van der Waals surface area contributed by atoms with Crippen molar-refractivity contribution >= 4 is 45.0 Å². The smallest absolute Gasteiger partial charge is 0.326 e. The number of aryl methyl sites for hydroxylation is 2. The van der Waals surface area contributed by atoms with Gasteiger partial charge in [-0.05, 0) is 118 Å². The molecule has 0 spiro atoms. The van der Waals surface area contributed by atoms with Gasteiger partial charge in [-0.2, -0.15) is 0 Å². The highest BCUT2D eigenvalue weighted by Gasteiger charge is 2.29. The summed E-state index contributed by atoms with van der Waals surface area (Å²) in [6.07, 6.45) is 11.1. The van der Waals surface area contributed by atoms with Crippen LogP contribution in [-0.2, 0) is 14.2 Å². The predicted molar refractivity (Wildman–Crippen MR) is 219 cm³/mol. The number of aromatic nitrogens is 2. The molecule has 0 radical (unpaired) electrons. The van der Waals surface area contributed by atoms with Crippen LogP contribution in [0.2, 0.25) is 0 Å². The predicted octanol–water partition coefficient (Wildman–Crippen LogP) is 7.21. The van der Waals surface area contributed by atoms with Gasteiger partial charge in [-0.25, -0.2) is 13.6 Å². The third-order valence-electron chi connectivity index (χ3n) is 11.2. The van der Waals surface area contributed by atoms with Crippen molar-refractivity contribution < 1.29 is 24.4 Å². The Labute approximate surface area is 329 Å². The minimum atomic E-state index is -0.347. The first-order chi connectivity index (χ1) is 26.2. The number of alkyl halides is 1. The van der Waals surface area contributed by atoms with Crippen molar-refractivity contribution in [2.75, 3.05) is 81.8 Å². The number of likely N-dealkylation sites (tertiary alicyclic amines) is 2. The maximum atomic E-state index is 14.1. The lowest BCUT2D eigenvalue weighted by molar-refractivity contribution is 0.0220. The Morgan fingerprint density at radius 3 is 1.77 bits per heavy atom. The molecule has 5 aliphatic heterocycles. The van der Waals surface area contributed by atoms with Gasteiger partial charge in [0.1, 0.15) is 17.2 Å². The van der Waals surface area contributed by atoms with Gasteiger partial charge in [0.05, 0.1) is 16.9 Å². The van der Waals surface area contributed by atoms with Crippen LogP contribution in [0, 0.1) is 25.5 Å². The van der Waals surface area contributed by atoms with Crippen LogP contribution in [0.5, 0.6) is 0 Å². The first kappa shape index (κ1) is 40.4. The quantitative estimate of drug-likeness (QED) is 0.141. The molecular weight excluding hydrogens is 793 g/mol. The molecule has 0 amide bonds. The Balaban J connectivity index is 0.000000173. The summed E-state index contributed by atoms with van der Waals surface area (Å²) in [6, 6.07) is 8.59. The van der Waals surface area contributed by atoms with Crippen LogP contribution in [-0.4, -0.2) is 108 Å². The highest BCUT2D eigenvalue weighted by Crippen LogP contribution is 2.30. The number of benzene rings is 2. The Hall–Kier alpha value is -2.30. The topological polar surface area (TPSA) is 110 Å². The number of hydrogen-bond acceptors (Lipinski definition) is 8. The average molecular weight is 856 g/mol. The van der Waals surface area contributed by atoms with Crippen molar-refractivity contribution in [3.05, 3.63) is 57.5 Å². The molecule has 5 fully saturated rings. The lowest BCUT2D eigenvalue weighted by Crippen LogP contribution is -2.46. The second-order valence-electron chi connectivity index (χ2n) is 14.9. The summed E-state index contributed by atoms with van der Waals surface area (Å²) in [7, 11) is 0. The van der Waals surface area contributed by atoms with Crippen LogP contribution in [0.3, 0.4) is 0 Å². The number of rotatable bonds is 5. The zero-order valence-electron chi connectivity index (χ0n) is 32.7. The van der Waals surface area contributed by atoms with Crippen molar-refractivity contribution in [2.24, 2.45) is 0 Å². The Morgan fingerprint density at radius 1 is 0.755 bits per heavy atom. The maximum Gasteiger partial charge on any atom is 0.326 e. The molecule has 8 rings (SSSR count). The fourth-order valence-corrected chi connectivity index (χ4v) is 8.30. The fraction of sp³-hybridized carbons (Fsp3) is 0.675. The van der Waals surface area contributed by atoms with Crippen LogP contribution in [0.1, 0.15) is 82.7 Å². The summed E-state index contributed by atoms with van der Waals surface area (Å²) in [5, 5.41) is 3.44. The van der Waals surface area contributed by atoms with Crippen LogP contribution in [0.25, 0.3) is 11.0 Å². The summed E-state index contributed by atoms with van der Waals surface area (Å²) in [4.78, 5) is 20.7. The summed E-state index contributed by atoms with van der Waals surface area (Å²) < 4.78 is 51.6. The van der Waals surface area contributed by atoms with Crippen molar-refractivity contribution in [2.45, 2.75) is 102 Å². The van der Waals surface area contributed by atoms with Gasteiger partial charge in [0, 0.05) is 91.4 Å². The largest absolute Gasteiger partial charge is 0.395 e. The lowest BCUT2D eigenvalue weighted by Gasteiger charge is -2.39. The number of nitrogens with two attached hydrogens (primary N) is 1. The fourth-order valence-electron chi connectivity index (χ4n) is 8.30. The SMILES string of the molecule is C1CCOC1.Cc1cc(F)c(N)c(NC2CCN(C3CCOCC3)CC2)c1.Cc1cc(F)c2[nH]c(=O)n(C3CCN(C4CCOCC4)CC3)c2c1.[2H]CI. The summed E-state index contributed by atoms with van der Waals surface area (Å²) >= 11 is 1.96. The van der Waals surface area contributed by atoms with Gasteiger partial charge in [-0.3, -0.25) is 4.57 Å². The molecule has 296 valence electrons. The van der Waals surface area contributed by atoms with E-state index in [-0.39, 0.29) is 29.1 Å². The van der Waals surface area contributed by atoms with Gasteiger partial charge in [0.15, 0.2) is 0 Å². The molecule has 3 aromatic rings. The molecule has 4 N–H and O–H groups in total. The minimum absolute atomic E-state index is 0.142. The minimum Gasteiger partial charge on any atom is -0.395 e. The molecule has 0 aliphatic carbocycles. The molecule has 6 heterocycles. The third kappa shape index (κ3) is 11.6. The molecule has 0 bridgehead atoms. The lowest BCUT2D eigenvalue weighted by atomic mass is 9.99. The number of nitrogen functional groups attached to an aromatic ring is 1. The Morgan fingerprint density at radius 2 is 1.25 bits per heavy atom. The van der Waals surface area contributed by atoms with Crippen molar-refractivity contribution in [1.29, 1.82) is 0 Å². The molecule has 0 atom stereocenters. The zero-order valence-corrected chi connectivity index (χ0v) is 33.8. The number of hydrogen-bond donors (Lipinski definition) is 3. The standard InChI is InChI=1S/C18H24FN3O2.C17H26FN3O.C4H8O.CH3I/c1-12-10-15(19)17-16(11-12)22(18(23)20-17)14-2-6-21(7-3-14)13-4-8-24-9-5-13;1-12-10-15(18)17(19)16(11-12)20-13-2-6-21(7-3-13)14-4-8-22-9-5-14;1-2-4-5-3-1;1-2/h10-11,13-14H,2-9H2,1H3,(H,20,23);10-11,13-14,20H,2-9,19H2,1H3;1-4H2;1H3/i;;;1D. The molecule has 5 aliphatic rings.